The molecule has 0 radical (unpaired) electrons. The van der Waals surface area contributed by atoms with Crippen LogP contribution >= 0.6 is 0 Å². The van der Waals surface area contributed by atoms with Crippen molar-refractivity contribution in [1.29, 1.82) is 0 Å². The number of aliphatic carboxylic acids is 1. The number of hydrogen-bond donors (Lipinski definition) is 6. The lowest BCUT2D eigenvalue weighted by atomic mass is 9.63. The number of ether oxygens (including phenoxy) is 1. The van der Waals surface area contributed by atoms with Gasteiger partial charge in [-0.05, 0) is 30.1 Å². The number of carboxylic acid groups (broad SMARTS) is 1. The van der Waals surface area contributed by atoms with Crippen LogP contribution in [0.15, 0.2) is 66.4 Å². The van der Waals surface area contributed by atoms with Gasteiger partial charge in [0.2, 0.25) is 41.4 Å². The van der Waals surface area contributed by atoms with Crippen LogP contribution in [-0.2, 0) is 49.5 Å². The monoisotopic (exact) mass is 724 g/mol. The molecule has 16 heteroatoms. The van der Waals surface area contributed by atoms with Gasteiger partial charge >= 0.3 is 5.97 Å². The van der Waals surface area contributed by atoms with Crippen LogP contribution in [0.3, 0.4) is 0 Å². The Bertz CT molecular complexity index is 1580. The third-order valence-corrected chi connectivity index (χ3v) is 8.95. The molecule has 282 valence electrons. The van der Waals surface area contributed by atoms with Crippen molar-refractivity contribution in [3.05, 3.63) is 72.0 Å². The quantitative estimate of drug-likeness (QED) is 0.0471. The van der Waals surface area contributed by atoms with E-state index in [0.29, 0.717) is 11.3 Å². The number of rotatable bonds is 20. The summed E-state index contributed by atoms with van der Waals surface area (Å²) in [5.41, 5.74) is -0.00861. The number of nitrogens with zero attached hydrogens (tertiary/aromatic N) is 1. The van der Waals surface area contributed by atoms with Crippen molar-refractivity contribution >= 4 is 47.3 Å². The van der Waals surface area contributed by atoms with E-state index in [0.717, 1.165) is 10.5 Å². The lowest BCUT2D eigenvalue weighted by Crippen LogP contribution is -2.53. The fourth-order valence-corrected chi connectivity index (χ4v) is 4.84. The molecule has 1 heterocycles. The maximum Gasteiger partial charge on any atom is 0.329 e. The Morgan fingerprint density at radius 1 is 0.846 bits per heavy atom. The minimum Gasteiger partial charge on any atom is -0.480 e. The molecule has 1 aliphatic heterocycles. The van der Waals surface area contributed by atoms with Gasteiger partial charge < -0.3 is 36.4 Å². The minimum atomic E-state index is -1.21. The number of amides is 7. The molecule has 1 unspecified atom stereocenters. The van der Waals surface area contributed by atoms with E-state index in [9.17, 15) is 38.4 Å². The molecule has 0 bridgehead atoms. The van der Waals surface area contributed by atoms with Gasteiger partial charge in [0.1, 0.15) is 19.4 Å². The smallest absolute Gasteiger partial charge is 0.329 e. The Labute approximate surface area is 302 Å². The van der Waals surface area contributed by atoms with E-state index in [-0.39, 0.29) is 37.8 Å². The highest BCUT2D eigenvalue weighted by atomic mass is 16.5. The fraction of sp³-hybridized carbons (Fsp3) is 0.444. The van der Waals surface area contributed by atoms with Gasteiger partial charge in [-0.3, -0.25) is 38.5 Å². The summed E-state index contributed by atoms with van der Waals surface area (Å²) in [7, 11) is 0. The number of allylic oxidation sites excluding steroid dienone is 4. The third-order valence-electron chi connectivity index (χ3n) is 8.95. The molecule has 6 N–H and O–H groups in total. The van der Waals surface area contributed by atoms with E-state index >= 15 is 0 Å². The summed E-state index contributed by atoms with van der Waals surface area (Å²) >= 11 is 0. The van der Waals surface area contributed by atoms with E-state index in [2.05, 4.69) is 33.2 Å². The molecule has 1 fully saturated rings. The highest BCUT2D eigenvalue weighted by molar-refractivity contribution is 6.04. The molecule has 1 aliphatic rings. The van der Waals surface area contributed by atoms with E-state index in [1.807, 2.05) is 20.8 Å². The number of imide groups is 1. The van der Waals surface area contributed by atoms with Crippen molar-refractivity contribution in [2.24, 2.45) is 10.8 Å². The number of benzene rings is 1. The molecule has 16 nitrogen and oxygen atoms in total. The molecule has 1 aromatic carbocycles. The number of hydrogen-bond acceptors (Lipinski definition) is 9. The summed E-state index contributed by atoms with van der Waals surface area (Å²) < 4.78 is 4.72. The van der Waals surface area contributed by atoms with Gasteiger partial charge in [-0.15, -0.1) is 0 Å². The van der Waals surface area contributed by atoms with Crippen LogP contribution in [0.25, 0.3) is 0 Å². The van der Waals surface area contributed by atoms with Crippen LogP contribution in [0.4, 0.5) is 0 Å². The molecule has 1 atom stereocenters. The number of carbonyl (C=O) groups is 8. The summed E-state index contributed by atoms with van der Waals surface area (Å²) in [4.78, 5) is 99.6. The Hall–Kier alpha value is -5.64. The van der Waals surface area contributed by atoms with Crippen LogP contribution < -0.4 is 26.6 Å². The molecule has 52 heavy (non-hydrogen) atoms. The van der Waals surface area contributed by atoms with Gasteiger partial charge in [-0.1, -0.05) is 76.3 Å². The number of likely N-dealkylation sites (tertiary alicyclic amines) is 1. The Balaban J connectivity index is 1.95. The first-order valence-electron chi connectivity index (χ1n) is 16.5. The Morgan fingerprint density at radius 3 is 2.02 bits per heavy atom. The molecule has 0 aromatic heterocycles. The van der Waals surface area contributed by atoms with Gasteiger partial charge in [0.15, 0.2) is 0 Å². The average Bonchev–Trinajstić information content (AvgIpc) is 3.43. The van der Waals surface area contributed by atoms with Crippen LogP contribution in [-0.4, -0.2) is 96.3 Å². The summed E-state index contributed by atoms with van der Waals surface area (Å²) in [5.74, 6) is -4.96. The second-order valence-corrected chi connectivity index (χ2v) is 13.0. The van der Waals surface area contributed by atoms with Gasteiger partial charge in [-0.25, -0.2) is 4.79 Å². The lowest BCUT2D eigenvalue weighted by molar-refractivity contribution is -0.143. The first kappa shape index (κ1) is 42.5. The number of carboxylic acids is 1. The van der Waals surface area contributed by atoms with Crippen LogP contribution in [0.2, 0.25) is 0 Å². The molecule has 1 saturated heterocycles. The lowest BCUT2D eigenvalue weighted by Gasteiger charge is -2.41. The second kappa shape index (κ2) is 19.7. The fourth-order valence-electron chi connectivity index (χ4n) is 4.84. The van der Waals surface area contributed by atoms with Gasteiger partial charge in [0, 0.05) is 19.3 Å². The van der Waals surface area contributed by atoms with Crippen molar-refractivity contribution in [3.8, 4) is 0 Å². The van der Waals surface area contributed by atoms with Gasteiger partial charge in [-0.2, -0.15) is 0 Å². The van der Waals surface area contributed by atoms with Crippen molar-refractivity contribution in [3.63, 3.8) is 0 Å². The molecular weight excluding hydrogens is 676 g/mol. The maximum absolute atomic E-state index is 13.3. The molecule has 0 aliphatic carbocycles. The minimum absolute atomic E-state index is 0.0731. The zero-order valence-electron chi connectivity index (χ0n) is 30.1. The van der Waals surface area contributed by atoms with Crippen LogP contribution in [0.1, 0.15) is 53.0 Å². The normalized spacial score (nSPS) is 14.3. The standard InChI is InChI=1S/C36H48N6O10/c1-7-25(42-30(46)15-16-31(42)47)14-13-23(2)35(3,4)36(5,6)34(51)39-19-27(43)37-20-29(45)41-26(17-24-11-9-8-10-12-24)33(50)38-18-28(44)40-22-52-21-32(48)49/h7-14,26H,1,15-22H2,2-6H3,(H,37,43)(H,38,50)(H,39,51)(H,40,44)(H,41,45)(H,48,49)/b23-13+,25-14+. The Kier molecular flexibility index (Phi) is 16.1. The first-order chi connectivity index (χ1) is 24.4. The molecule has 7 amide bonds. The highest BCUT2D eigenvalue weighted by Crippen LogP contribution is 2.44. The zero-order chi connectivity index (χ0) is 39.1. The number of nitrogens with one attached hydrogen (secondary N) is 5. The van der Waals surface area contributed by atoms with Crippen molar-refractivity contribution in [2.45, 2.75) is 59.9 Å². The maximum atomic E-state index is 13.3. The SMILES string of the molecule is C=C/C(=C\C=C(/C)C(C)(C)C(C)(C)C(=O)NCC(=O)NCC(=O)NC(Cc1ccccc1)C(=O)NCC(=O)NCOCC(=O)O)N1C(=O)CCC1=O. The second-order valence-electron chi connectivity index (χ2n) is 13.0. The van der Waals surface area contributed by atoms with E-state index in [4.69, 9.17) is 9.84 Å². The highest BCUT2D eigenvalue weighted by Gasteiger charge is 2.44. The van der Waals surface area contributed by atoms with E-state index in [1.54, 1.807) is 56.3 Å². The average molecular weight is 725 g/mol. The largest absolute Gasteiger partial charge is 0.480 e. The predicted molar refractivity (Wildman–Crippen MR) is 188 cm³/mol. The van der Waals surface area contributed by atoms with Gasteiger partial charge in [0.05, 0.1) is 30.7 Å². The number of carbonyl (C=O) groups excluding carboxylic acids is 7. The summed E-state index contributed by atoms with van der Waals surface area (Å²) in [6.45, 7) is 10.2. The summed E-state index contributed by atoms with van der Waals surface area (Å²) in [6.07, 6.45) is 5.08. The predicted octanol–water partition coefficient (Wildman–Crippen LogP) is 0.455. The molecule has 0 spiro atoms. The third kappa shape index (κ3) is 12.6. The molecule has 2 rings (SSSR count). The van der Waals surface area contributed by atoms with Gasteiger partial charge in [0.25, 0.3) is 0 Å². The summed E-state index contributed by atoms with van der Waals surface area (Å²) in [6, 6.07) is 7.67. The van der Waals surface area contributed by atoms with E-state index < -0.39 is 78.6 Å². The zero-order valence-corrected chi connectivity index (χ0v) is 30.1. The topological polar surface area (TPSA) is 229 Å². The Morgan fingerprint density at radius 2 is 1.42 bits per heavy atom. The van der Waals surface area contributed by atoms with Crippen molar-refractivity contribution in [1.82, 2.24) is 31.5 Å². The van der Waals surface area contributed by atoms with Crippen LogP contribution in [0.5, 0.6) is 0 Å². The van der Waals surface area contributed by atoms with Crippen LogP contribution in [0, 0.1) is 10.8 Å². The molecular formula is C36H48N6O10. The van der Waals surface area contributed by atoms with Crippen molar-refractivity contribution in [2.75, 3.05) is 33.0 Å². The molecule has 1 aromatic rings. The molecule has 0 saturated carbocycles. The summed E-state index contributed by atoms with van der Waals surface area (Å²) in [5, 5.41) is 20.8. The first-order valence-corrected chi connectivity index (χ1v) is 16.5. The van der Waals surface area contributed by atoms with E-state index in [1.165, 1.54) is 6.08 Å². The van der Waals surface area contributed by atoms with Crippen molar-refractivity contribution < 1.29 is 48.2 Å².